The molecular formula is C59H45F14N3O2. The lowest BCUT2D eigenvalue weighted by Crippen LogP contribution is -2.14. The Kier molecular flexibility index (Phi) is 17.6. The van der Waals surface area contributed by atoms with Crippen molar-refractivity contribution in [3.8, 4) is 33.4 Å². The van der Waals surface area contributed by atoms with Gasteiger partial charge in [-0.15, -0.1) is 0 Å². The van der Waals surface area contributed by atoms with Crippen LogP contribution in [0.1, 0.15) is 70.8 Å². The number of halogens is 14. The summed E-state index contributed by atoms with van der Waals surface area (Å²) < 4.78 is 183. The van der Waals surface area contributed by atoms with Crippen LogP contribution in [0.5, 0.6) is 0 Å². The van der Waals surface area contributed by atoms with Gasteiger partial charge >= 0.3 is 24.7 Å². The van der Waals surface area contributed by atoms with Crippen molar-refractivity contribution in [2.45, 2.75) is 59.3 Å². The number of nitrogens with one attached hydrogen (secondary N) is 2. The van der Waals surface area contributed by atoms with Crippen molar-refractivity contribution in [1.82, 2.24) is 0 Å². The van der Waals surface area contributed by atoms with Crippen LogP contribution in [0.4, 0.5) is 78.5 Å². The zero-order valence-corrected chi connectivity index (χ0v) is 41.7. The summed E-state index contributed by atoms with van der Waals surface area (Å²) >= 11 is 0. The Hall–Kier alpha value is -8.48. The monoisotopic (exact) mass is 1090 g/mol. The van der Waals surface area contributed by atoms with E-state index in [1.807, 2.05) is 25.1 Å². The maximum absolute atomic E-state index is 13.7. The minimum absolute atomic E-state index is 0.0163. The molecule has 8 rings (SSSR count). The van der Waals surface area contributed by atoms with E-state index >= 15 is 0 Å². The largest absolute Gasteiger partial charge is 0.417 e. The van der Waals surface area contributed by atoms with Crippen molar-refractivity contribution >= 4 is 28.9 Å². The standard InChI is InChI=1S/C23H17F6NO.C22H19F2NO.C14H9F6N/c1-13-4-3-5-18(14(13)2)21(31)30-17-9-6-15(7-10-17)19-12-16(22(24,25)26)8-11-20(19)23(27,28)29;1-13-11-15(3)19(12-14(13)2)16-7-9-17(10-8-16)25-22(26)18-5-4-6-20(23)21(18)24;15-13(16,17)9-3-6-12(14(18,19)20)11(7-9)8-1-4-10(21)5-2-8/h3-12H,1-2H3,(H,30,31);4-12H,1-3H3,(H,25,26);1-7H,21H2. The molecule has 0 radical (unpaired) electrons. The van der Waals surface area contributed by atoms with Gasteiger partial charge in [0.25, 0.3) is 11.8 Å². The van der Waals surface area contributed by atoms with Crippen LogP contribution < -0.4 is 16.4 Å². The molecule has 78 heavy (non-hydrogen) atoms. The first-order valence-electron chi connectivity index (χ1n) is 23.2. The fourth-order valence-corrected chi connectivity index (χ4v) is 7.89. The van der Waals surface area contributed by atoms with Crippen molar-refractivity contribution in [3.63, 3.8) is 0 Å². The molecule has 0 saturated carbocycles. The van der Waals surface area contributed by atoms with Crippen molar-refractivity contribution in [1.29, 1.82) is 0 Å². The molecule has 8 aromatic carbocycles. The Bertz CT molecular complexity index is 3450. The van der Waals surface area contributed by atoms with Gasteiger partial charge in [-0.1, -0.05) is 66.7 Å². The number of nitrogen functional groups attached to an aromatic ring is 1. The average Bonchev–Trinajstić information content (AvgIpc) is 3.38. The zero-order valence-electron chi connectivity index (χ0n) is 41.7. The molecule has 406 valence electrons. The lowest BCUT2D eigenvalue weighted by molar-refractivity contribution is -0.141. The van der Waals surface area contributed by atoms with Crippen molar-refractivity contribution < 1.29 is 71.1 Å². The summed E-state index contributed by atoms with van der Waals surface area (Å²) in [6, 6.07) is 33.3. The summed E-state index contributed by atoms with van der Waals surface area (Å²) in [7, 11) is 0. The molecule has 8 aromatic rings. The molecule has 0 heterocycles. The maximum Gasteiger partial charge on any atom is 0.417 e. The second kappa shape index (κ2) is 23.4. The zero-order chi connectivity index (χ0) is 57.7. The van der Waals surface area contributed by atoms with Gasteiger partial charge < -0.3 is 16.4 Å². The van der Waals surface area contributed by atoms with E-state index in [0.29, 0.717) is 59.0 Å². The van der Waals surface area contributed by atoms with Crippen LogP contribution in [-0.2, 0) is 24.7 Å². The quantitative estimate of drug-likeness (QED) is 0.110. The van der Waals surface area contributed by atoms with Gasteiger partial charge in [-0.3, -0.25) is 9.59 Å². The molecule has 0 aliphatic carbocycles. The van der Waals surface area contributed by atoms with Crippen LogP contribution in [-0.4, -0.2) is 11.8 Å². The highest BCUT2D eigenvalue weighted by atomic mass is 19.4. The fourth-order valence-electron chi connectivity index (χ4n) is 7.89. The molecule has 0 aromatic heterocycles. The number of anilines is 3. The highest BCUT2D eigenvalue weighted by Crippen LogP contribution is 2.43. The maximum atomic E-state index is 13.7. The number of benzene rings is 8. The number of hydrogen-bond donors (Lipinski definition) is 3. The predicted octanol–water partition coefficient (Wildman–Crippen LogP) is 18.0. The molecule has 2 amide bonds. The Morgan fingerprint density at radius 3 is 1.24 bits per heavy atom. The van der Waals surface area contributed by atoms with E-state index in [-0.39, 0.29) is 16.7 Å². The van der Waals surface area contributed by atoms with Gasteiger partial charge in [0.1, 0.15) is 0 Å². The third-order valence-electron chi connectivity index (χ3n) is 12.3. The van der Waals surface area contributed by atoms with Crippen molar-refractivity contribution in [3.05, 3.63) is 231 Å². The molecular weight excluding hydrogens is 1050 g/mol. The van der Waals surface area contributed by atoms with Crippen molar-refractivity contribution in [2.75, 3.05) is 16.4 Å². The van der Waals surface area contributed by atoms with E-state index in [1.165, 1.54) is 77.4 Å². The van der Waals surface area contributed by atoms with Gasteiger partial charge in [0.15, 0.2) is 11.6 Å². The second-order valence-electron chi connectivity index (χ2n) is 17.8. The number of carbonyl (C=O) groups excluding carboxylic acids is 2. The van der Waals surface area contributed by atoms with Crippen LogP contribution in [0.25, 0.3) is 33.4 Å². The number of nitrogens with two attached hydrogens (primary N) is 1. The Morgan fingerprint density at radius 1 is 0.397 bits per heavy atom. The number of amides is 2. The van der Waals surface area contributed by atoms with E-state index in [2.05, 4.69) is 43.5 Å². The SMILES string of the molecule is Cc1cc(C)c(-c2ccc(NC(=O)c3cccc(F)c3F)cc2)cc1C.Cc1cccc(C(=O)Nc2ccc(-c3cc(C(F)(F)F)ccc3C(F)(F)F)cc2)c1C.Nc1ccc(-c2cc(C(F)(F)F)ccc2C(F)(F)F)cc1. The lowest BCUT2D eigenvalue weighted by Gasteiger charge is -2.16. The third kappa shape index (κ3) is 14.5. The summed E-state index contributed by atoms with van der Waals surface area (Å²) in [4.78, 5) is 24.7. The molecule has 4 N–H and O–H groups in total. The van der Waals surface area contributed by atoms with E-state index in [1.54, 1.807) is 31.2 Å². The first-order chi connectivity index (χ1) is 36.3. The smallest absolute Gasteiger partial charge is 0.399 e. The van der Waals surface area contributed by atoms with E-state index in [4.69, 9.17) is 5.73 Å². The summed E-state index contributed by atoms with van der Waals surface area (Å²) in [6.07, 6.45) is -19.1. The second-order valence-corrected chi connectivity index (χ2v) is 17.8. The third-order valence-corrected chi connectivity index (χ3v) is 12.3. The molecule has 0 unspecified atom stereocenters. The van der Waals surface area contributed by atoms with Gasteiger partial charge in [0.05, 0.1) is 27.8 Å². The van der Waals surface area contributed by atoms with Crippen LogP contribution in [0.15, 0.2) is 158 Å². The van der Waals surface area contributed by atoms with Crippen molar-refractivity contribution in [2.24, 2.45) is 0 Å². The van der Waals surface area contributed by atoms with Gasteiger partial charge in [-0.2, -0.15) is 52.7 Å². The average molecular weight is 1090 g/mol. The molecule has 5 nitrogen and oxygen atoms in total. The molecule has 0 spiro atoms. The van der Waals surface area contributed by atoms with Crippen LogP contribution >= 0.6 is 0 Å². The normalized spacial score (nSPS) is 11.7. The summed E-state index contributed by atoms with van der Waals surface area (Å²) in [6.45, 7) is 9.86. The lowest BCUT2D eigenvalue weighted by atomic mass is 9.95. The molecule has 0 aliphatic heterocycles. The topological polar surface area (TPSA) is 84.2 Å². The fraction of sp³-hybridized carbons (Fsp3) is 0.153. The minimum Gasteiger partial charge on any atom is -0.399 e. The van der Waals surface area contributed by atoms with Gasteiger partial charge in [-0.25, -0.2) is 8.78 Å². The number of hydrogen-bond acceptors (Lipinski definition) is 3. The summed E-state index contributed by atoms with van der Waals surface area (Å²) in [5.41, 5.74) is 8.40. The molecule has 19 heteroatoms. The first kappa shape index (κ1) is 58.8. The van der Waals surface area contributed by atoms with Crippen LogP contribution in [0.3, 0.4) is 0 Å². The number of rotatable bonds is 7. The first-order valence-corrected chi connectivity index (χ1v) is 23.2. The van der Waals surface area contributed by atoms with Gasteiger partial charge in [-0.05, 0) is 187 Å². The molecule has 0 bridgehead atoms. The summed E-state index contributed by atoms with van der Waals surface area (Å²) in [5, 5.41) is 5.24. The number of alkyl halides is 12. The number of aryl methyl sites for hydroxylation is 4. The minimum atomic E-state index is -4.82. The van der Waals surface area contributed by atoms with Gasteiger partial charge in [0, 0.05) is 22.6 Å². The molecule has 0 saturated heterocycles. The van der Waals surface area contributed by atoms with E-state index in [9.17, 15) is 71.1 Å². The molecule has 0 fully saturated rings. The highest BCUT2D eigenvalue weighted by Gasteiger charge is 2.39. The Labute approximate surface area is 438 Å². The molecule has 0 aliphatic rings. The van der Waals surface area contributed by atoms with Crippen LogP contribution in [0, 0.1) is 46.3 Å². The van der Waals surface area contributed by atoms with Crippen LogP contribution in [0.2, 0.25) is 0 Å². The highest BCUT2D eigenvalue weighted by molar-refractivity contribution is 6.06. The Balaban J connectivity index is 0.000000193. The number of carbonyl (C=O) groups is 2. The van der Waals surface area contributed by atoms with Gasteiger partial charge in [0.2, 0.25) is 0 Å². The van der Waals surface area contributed by atoms with E-state index in [0.717, 1.165) is 28.3 Å². The molecule has 0 atom stereocenters. The summed E-state index contributed by atoms with van der Waals surface area (Å²) in [5.74, 6) is -3.27. The van der Waals surface area contributed by atoms with E-state index < -0.39 is 81.5 Å². The predicted molar refractivity (Wildman–Crippen MR) is 272 cm³/mol. The Morgan fingerprint density at radius 2 is 0.795 bits per heavy atom.